The first-order chi connectivity index (χ1) is 11.4. The lowest BCUT2D eigenvalue weighted by atomic mass is 9.50. The summed E-state index contributed by atoms with van der Waals surface area (Å²) in [4.78, 5) is 22.4. The molecule has 4 fully saturated rings. The molecule has 4 aliphatic carbocycles. The van der Waals surface area contributed by atoms with Crippen LogP contribution in [0.15, 0.2) is 18.2 Å². The third kappa shape index (κ3) is 2.69. The standard InChI is InChI=1S/C20H20O4/c21-18(22)16-6-12(7-17(8-16)19(23)24)1-2-20-9-13-3-14(10-20)5-15(4-13)11-20/h6-8,13-15H,3-5,9-11H2,(H,21,22)(H,23,24). The molecule has 4 nitrogen and oxygen atoms in total. The first-order valence-corrected chi connectivity index (χ1v) is 8.57. The van der Waals surface area contributed by atoms with Crippen molar-refractivity contribution in [1.82, 2.24) is 0 Å². The Bertz CT molecular complexity index is 713. The zero-order valence-corrected chi connectivity index (χ0v) is 13.4. The Kier molecular flexibility index (Phi) is 3.42. The van der Waals surface area contributed by atoms with E-state index in [-0.39, 0.29) is 16.5 Å². The molecule has 124 valence electrons. The van der Waals surface area contributed by atoms with Crippen LogP contribution in [0.4, 0.5) is 0 Å². The number of aromatic carboxylic acids is 2. The van der Waals surface area contributed by atoms with Gasteiger partial charge in [-0.05, 0) is 74.5 Å². The highest BCUT2D eigenvalue weighted by Crippen LogP contribution is 2.59. The minimum Gasteiger partial charge on any atom is -0.478 e. The van der Waals surface area contributed by atoms with Crippen LogP contribution in [0, 0.1) is 35.0 Å². The van der Waals surface area contributed by atoms with Gasteiger partial charge in [-0.1, -0.05) is 11.8 Å². The van der Waals surface area contributed by atoms with Gasteiger partial charge in [-0.3, -0.25) is 0 Å². The molecule has 0 atom stereocenters. The predicted octanol–water partition coefficient (Wildman–Crippen LogP) is 3.65. The average molecular weight is 324 g/mol. The van der Waals surface area contributed by atoms with Gasteiger partial charge in [0.1, 0.15) is 0 Å². The van der Waals surface area contributed by atoms with Crippen LogP contribution in [-0.2, 0) is 0 Å². The molecule has 0 aliphatic heterocycles. The molecule has 5 rings (SSSR count). The molecule has 0 spiro atoms. The lowest BCUT2D eigenvalue weighted by molar-refractivity contribution is -0.0181. The topological polar surface area (TPSA) is 74.6 Å². The van der Waals surface area contributed by atoms with Gasteiger partial charge in [-0.15, -0.1) is 0 Å². The molecule has 4 saturated carbocycles. The quantitative estimate of drug-likeness (QED) is 0.814. The third-order valence-electron chi connectivity index (χ3n) is 5.94. The van der Waals surface area contributed by atoms with E-state index in [9.17, 15) is 19.8 Å². The highest BCUT2D eigenvalue weighted by Gasteiger charge is 2.50. The van der Waals surface area contributed by atoms with Crippen LogP contribution >= 0.6 is 0 Å². The van der Waals surface area contributed by atoms with Gasteiger partial charge in [0.25, 0.3) is 0 Å². The number of hydrogen-bond donors (Lipinski definition) is 2. The number of benzene rings is 1. The summed E-state index contributed by atoms with van der Waals surface area (Å²) in [6.45, 7) is 0. The van der Waals surface area contributed by atoms with E-state index in [2.05, 4.69) is 11.8 Å². The zero-order valence-electron chi connectivity index (χ0n) is 13.4. The molecule has 2 N–H and O–H groups in total. The van der Waals surface area contributed by atoms with E-state index in [4.69, 9.17) is 0 Å². The maximum absolute atomic E-state index is 11.2. The van der Waals surface area contributed by atoms with Crippen LogP contribution in [0.3, 0.4) is 0 Å². The Labute approximate surface area is 140 Å². The van der Waals surface area contributed by atoms with Crippen molar-refractivity contribution in [2.75, 3.05) is 0 Å². The third-order valence-corrected chi connectivity index (χ3v) is 5.94. The molecule has 0 saturated heterocycles. The second kappa shape index (κ2) is 5.37. The van der Waals surface area contributed by atoms with Gasteiger partial charge in [-0.2, -0.15) is 0 Å². The Morgan fingerprint density at radius 1 is 0.875 bits per heavy atom. The van der Waals surface area contributed by atoms with E-state index in [0.717, 1.165) is 37.0 Å². The monoisotopic (exact) mass is 324 g/mol. The minimum atomic E-state index is -1.13. The van der Waals surface area contributed by atoms with E-state index in [0.29, 0.717) is 5.56 Å². The maximum Gasteiger partial charge on any atom is 0.335 e. The average Bonchev–Trinajstić information content (AvgIpc) is 2.51. The summed E-state index contributed by atoms with van der Waals surface area (Å²) in [5, 5.41) is 18.3. The fraction of sp³-hybridized carbons (Fsp3) is 0.500. The maximum atomic E-state index is 11.2. The van der Waals surface area contributed by atoms with Crippen LogP contribution in [0.5, 0.6) is 0 Å². The molecular formula is C20H20O4. The van der Waals surface area contributed by atoms with Crippen LogP contribution in [0.2, 0.25) is 0 Å². The highest BCUT2D eigenvalue weighted by molar-refractivity contribution is 5.94. The molecule has 0 amide bonds. The Hall–Kier alpha value is -2.28. The molecule has 0 unspecified atom stereocenters. The number of carboxylic acids is 2. The zero-order chi connectivity index (χ0) is 16.9. The van der Waals surface area contributed by atoms with Crippen LogP contribution in [0.1, 0.15) is 64.8 Å². The molecule has 24 heavy (non-hydrogen) atoms. The summed E-state index contributed by atoms with van der Waals surface area (Å²) in [5.41, 5.74) is 0.509. The molecule has 1 aromatic carbocycles. The van der Waals surface area contributed by atoms with Crippen molar-refractivity contribution >= 4 is 11.9 Å². The normalized spacial score (nSPS) is 32.9. The fourth-order valence-corrected chi connectivity index (χ4v) is 5.42. The summed E-state index contributed by atoms with van der Waals surface area (Å²) >= 11 is 0. The van der Waals surface area contributed by atoms with E-state index < -0.39 is 11.9 Å². The van der Waals surface area contributed by atoms with Crippen molar-refractivity contribution in [3.8, 4) is 11.8 Å². The van der Waals surface area contributed by atoms with E-state index >= 15 is 0 Å². The van der Waals surface area contributed by atoms with Gasteiger partial charge in [-0.25, -0.2) is 9.59 Å². The largest absolute Gasteiger partial charge is 0.478 e. The van der Waals surface area contributed by atoms with Crippen molar-refractivity contribution in [2.24, 2.45) is 23.2 Å². The second-order valence-corrected chi connectivity index (χ2v) is 7.86. The summed E-state index contributed by atoms with van der Waals surface area (Å²) in [7, 11) is 0. The molecule has 0 radical (unpaired) electrons. The Morgan fingerprint density at radius 3 is 1.75 bits per heavy atom. The first-order valence-electron chi connectivity index (χ1n) is 8.57. The molecule has 4 bridgehead atoms. The fourth-order valence-electron chi connectivity index (χ4n) is 5.42. The molecular weight excluding hydrogens is 304 g/mol. The van der Waals surface area contributed by atoms with Crippen LogP contribution < -0.4 is 0 Å². The SMILES string of the molecule is O=C(O)c1cc(C#CC23CC4CC(CC(C4)C2)C3)cc(C(=O)O)c1. The van der Waals surface area contributed by atoms with Gasteiger partial charge in [0, 0.05) is 11.0 Å². The van der Waals surface area contributed by atoms with Gasteiger partial charge in [0.05, 0.1) is 11.1 Å². The van der Waals surface area contributed by atoms with Crippen LogP contribution in [0.25, 0.3) is 0 Å². The van der Waals surface area contributed by atoms with Gasteiger partial charge in [0.2, 0.25) is 0 Å². The molecule has 0 aromatic heterocycles. The van der Waals surface area contributed by atoms with Gasteiger partial charge in [0.15, 0.2) is 0 Å². The molecule has 4 aliphatic rings. The van der Waals surface area contributed by atoms with Crippen molar-refractivity contribution < 1.29 is 19.8 Å². The van der Waals surface area contributed by atoms with E-state index in [1.165, 1.54) is 37.5 Å². The predicted molar refractivity (Wildman–Crippen MR) is 87.8 cm³/mol. The lowest BCUT2D eigenvalue weighted by Gasteiger charge is -2.54. The number of rotatable bonds is 2. The number of hydrogen-bond acceptors (Lipinski definition) is 2. The molecule has 4 heteroatoms. The smallest absolute Gasteiger partial charge is 0.335 e. The first kappa shape index (κ1) is 15.3. The summed E-state index contributed by atoms with van der Waals surface area (Å²) in [6, 6.07) is 4.13. The minimum absolute atomic E-state index is 0.0234. The van der Waals surface area contributed by atoms with Crippen molar-refractivity contribution in [3.63, 3.8) is 0 Å². The van der Waals surface area contributed by atoms with Gasteiger partial charge < -0.3 is 10.2 Å². The number of carbonyl (C=O) groups is 2. The molecule has 0 heterocycles. The van der Waals surface area contributed by atoms with Crippen molar-refractivity contribution in [2.45, 2.75) is 38.5 Å². The van der Waals surface area contributed by atoms with Crippen molar-refractivity contribution in [3.05, 3.63) is 34.9 Å². The Balaban J connectivity index is 1.68. The summed E-state index contributed by atoms with van der Waals surface area (Å²) in [5.74, 6) is 6.69. The lowest BCUT2D eigenvalue weighted by Crippen LogP contribution is -2.45. The number of carboxylic acid groups (broad SMARTS) is 2. The van der Waals surface area contributed by atoms with Crippen molar-refractivity contribution in [1.29, 1.82) is 0 Å². The highest BCUT2D eigenvalue weighted by atomic mass is 16.4. The van der Waals surface area contributed by atoms with E-state index in [1.807, 2.05) is 0 Å². The van der Waals surface area contributed by atoms with E-state index in [1.54, 1.807) is 0 Å². The Morgan fingerprint density at radius 2 is 1.33 bits per heavy atom. The van der Waals surface area contributed by atoms with Gasteiger partial charge >= 0.3 is 11.9 Å². The molecule has 1 aromatic rings. The summed E-state index contributed by atoms with van der Waals surface area (Å²) in [6.07, 6.45) is 7.49. The van der Waals surface area contributed by atoms with Crippen LogP contribution in [-0.4, -0.2) is 22.2 Å². The summed E-state index contributed by atoms with van der Waals surface area (Å²) < 4.78 is 0. The second-order valence-electron chi connectivity index (χ2n) is 7.86.